The van der Waals surface area contributed by atoms with E-state index in [9.17, 15) is 18.8 Å². The Bertz CT molecular complexity index is 2080. The Kier molecular flexibility index (Phi) is 9.37. The van der Waals surface area contributed by atoms with Crippen LogP contribution in [-0.4, -0.2) is 67.6 Å². The topological polar surface area (TPSA) is 132 Å². The molecule has 0 bridgehead atoms. The lowest BCUT2D eigenvalue weighted by Gasteiger charge is -2.38. The molecule has 1 aliphatic heterocycles. The van der Waals surface area contributed by atoms with Gasteiger partial charge in [-0.25, -0.2) is 19.3 Å². The van der Waals surface area contributed by atoms with Gasteiger partial charge in [-0.1, -0.05) is 27.7 Å². The molecule has 1 aliphatic carbocycles. The number of likely N-dealkylation sites (tertiary alicyclic amines) is 1. The average Bonchev–Trinajstić information content (AvgIpc) is 3.38. The van der Waals surface area contributed by atoms with E-state index in [2.05, 4.69) is 82.1 Å². The van der Waals surface area contributed by atoms with Crippen LogP contribution in [0.25, 0.3) is 22.0 Å². The zero-order valence-corrected chi connectivity index (χ0v) is 33.4. The molecule has 14 heteroatoms. The highest BCUT2D eigenvalue weighted by atomic mass is 79.9. The summed E-state index contributed by atoms with van der Waals surface area (Å²) < 4.78 is 22.0. The predicted molar refractivity (Wildman–Crippen MR) is 199 cm³/mol. The summed E-state index contributed by atoms with van der Waals surface area (Å²) in [5.41, 5.74) is 3.64. The minimum absolute atomic E-state index is 0.00578. The number of nitrogens with one attached hydrogen (secondary N) is 1. The summed E-state index contributed by atoms with van der Waals surface area (Å²) in [6.45, 7) is 19.9. The number of nitrogens with zero attached hydrogens (tertiary/aromatic N) is 6. The molecule has 1 N–H and O–H groups in total. The van der Waals surface area contributed by atoms with Crippen LogP contribution < -0.4 is 5.32 Å². The molecule has 51 heavy (non-hydrogen) atoms. The van der Waals surface area contributed by atoms with Crippen molar-refractivity contribution in [2.24, 2.45) is 5.41 Å². The first kappa shape index (κ1) is 36.9. The van der Waals surface area contributed by atoms with Crippen LogP contribution in [0.15, 0.2) is 35.2 Å². The van der Waals surface area contributed by atoms with E-state index in [0.717, 1.165) is 23.1 Å². The fourth-order valence-corrected chi connectivity index (χ4v) is 8.53. The van der Waals surface area contributed by atoms with Crippen molar-refractivity contribution in [3.63, 3.8) is 0 Å². The molecular formula is C37H45BrFN7O4Si. The third-order valence-corrected chi connectivity index (χ3v) is 16.0. The van der Waals surface area contributed by atoms with Crippen LogP contribution in [0.1, 0.15) is 87.9 Å². The zero-order chi connectivity index (χ0) is 37.4. The first-order chi connectivity index (χ1) is 23.7. The highest BCUT2D eigenvalue weighted by Gasteiger charge is 2.64. The van der Waals surface area contributed by atoms with Gasteiger partial charge in [-0.15, -0.1) is 0 Å². The largest absolute Gasteiger partial charge is 0.407 e. The summed E-state index contributed by atoms with van der Waals surface area (Å²) in [6.07, 6.45) is 4.57. The summed E-state index contributed by atoms with van der Waals surface area (Å²) in [5, 5.41) is 8.12. The van der Waals surface area contributed by atoms with Crippen molar-refractivity contribution < 1.29 is 23.2 Å². The van der Waals surface area contributed by atoms with Crippen molar-refractivity contribution in [2.75, 3.05) is 5.32 Å². The molecule has 2 amide bonds. The molecule has 270 valence electrons. The molecule has 1 aromatic carbocycles. The molecular weight excluding hydrogens is 733 g/mol. The molecule has 4 atom stereocenters. The number of amides is 2. The van der Waals surface area contributed by atoms with Crippen molar-refractivity contribution in [1.82, 2.24) is 29.6 Å². The standard InChI is InChI=1S/C37H45BrFN7O4Si/c1-19-11-23(24-16-40-34(41-17-24)22(4)50-51(9,10)36(5,6)7)13-25-30(21(3)47)44-45(31(19)25)18-29(48)46-27(14-37(8)15-28(37)46)35(49)43-33-20(2)12-26(39)32(38)42-33/h11-13,16-17,22,27-28H,14-15,18H2,1-10H3,(H,42,43,49)/t22-,27-,28+,37-/m0/s1. The van der Waals surface area contributed by atoms with E-state index in [1.165, 1.54) is 13.0 Å². The van der Waals surface area contributed by atoms with Gasteiger partial charge in [0.15, 0.2) is 25.7 Å². The first-order valence-corrected chi connectivity index (χ1v) is 20.9. The van der Waals surface area contributed by atoms with Crippen LogP contribution in [-0.2, 0) is 20.6 Å². The molecule has 0 spiro atoms. The molecule has 4 heterocycles. The predicted octanol–water partition coefficient (Wildman–Crippen LogP) is 7.71. The van der Waals surface area contributed by atoms with Crippen LogP contribution in [0.4, 0.5) is 10.2 Å². The Labute approximate surface area is 307 Å². The highest BCUT2D eigenvalue weighted by Crippen LogP contribution is 2.59. The average molecular weight is 779 g/mol. The Morgan fingerprint density at radius 2 is 1.76 bits per heavy atom. The number of aromatic nitrogens is 5. The smallest absolute Gasteiger partial charge is 0.248 e. The molecule has 6 rings (SSSR count). The number of pyridine rings is 1. The van der Waals surface area contributed by atoms with E-state index in [1.54, 1.807) is 28.9 Å². The minimum atomic E-state index is -2.02. The number of rotatable bonds is 9. The number of carbonyl (C=O) groups excluding carboxylic acids is 3. The van der Waals surface area contributed by atoms with Gasteiger partial charge in [-0.2, -0.15) is 5.10 Å². The number of anilines is 1. The number of hydrogen-bond acceptors (Lipinski definition) is 8. The molecule has 3 aromatic heterocycles. The van der Waals surface area contributed by atoms with Crippen LogP contribution in [0.2, 0.25) is 18.1 Å². The molecule has 1 saturated heterocycles. The molecule has 2 fully saturated rings. The number of benzene rings is 1. The van der Waals surface area contributed by atoms with Gasteiger partial charge in [0.1, 0.15) is 34.8 Å². The lowest BCUT2D eigenvalue weighted by atomic mass is 10.0. The number of aryl methyl sites for hydroxylation is 2. The van der Waals surface area contributed by atoms with Crippen molar-refractivity contribution in [3.8, 4) is 11.1 Å². The molecule has 1 saturated carbocycles. The zero-order valence-electron chi connectivity index (χ0n) is 30.8. The number of piperidine rings is 1. The van der Waals surface area contributed by atoms with E-state index in [1.807, 2.05) is 26.0 Å². The second kappa shape index (κ2) is 13.0. The van der Waals surface area contributed by atoms with E-state index in [-0.39, 0.29) is 62.9 Å². The Hall–Kier alpha value is -3.88. The van der Waals surface area contributed by atoms with E-state index >= 15 is 0 Å². The lowest BCUT2D eigenvalue weighted by Crippen LogP contribution is -2.47. The fourth-order valence-electron chi connectivity index (χ4n) is 6.89. The van der Waals surface area contributed by atoms with Gasteiger partial charge < -0.3 is 14.6 Å². The van der Waals surface area contributed by atoms with Crippen molar-refractivity contribution in [2.45, 2.75) is 111 Å². The number of carbonyl (C=O) groups is 3. The first-order valence-electron chi connectivity index (χ1n) is 17.2. The van der Waals surface area contributed by atoms with Crippen molar-refractivity contribution in [1.29, 1.82) is 0 Å². The van der Waals surface area contributed by atoms with Crippen molar-refractivity contribution in [3.05, 3.63) is 63.7 Å². The lowest BCUT2D eigenvalue weighted by molar-refractivity contribution is -0.138. The van der Waals surface area contributed by atoms with Crippen molar-refractivity contribution >= 4 is 58.6 Å². The normalized spacial score (nSPS) is 20.7. The Morgan fingerprint density at radius 1 is 1.10 bits per heavy atom. The third-order valence-electron chi connectivity index (χ3n) is 10.9. The second-order valence-corrected chi connectivity index (χ2v) is 21.4. The Balaban J connectivity index is 1.26. The van der Waals surface area contributed by atoms with Gasteiger partial charge in [0.2, 0.25) is 11.8 Å². The van der Waals surface area contributed by atoms with Gasteiger partial charge in [-0.3, -0.25) is 19.1 Å². The van der Waals surface area contributed by atoms with Crippen LogP contribution >= 0.6 is 15.9 Å². The van der Waals surface area contributed by atoms with Crippen LogP contribution in [0, 0.1) is 25.1 Å². The SMILES string of the molecule is CC(=O)c1nn(CC(=O)N2[C@H](C(=O)Nc3nc(Br)c(F)cc3C)C[C@@]3(C)C[C@@H]23)c2c(C)cc(-c3cnc([C@H](C)O[Si](C)(C)C(C)(C)C)nc3)cc12. The summed E-state index contributed by atoms with van der Waals surface area (Å²) in [4.78, 5) is 55.6. The maximum atomic E-state index is 14.1. The second-order valence-electron chi connectivity index (χ2n) is 15.9. The van der Waals surface area contributed by atoms with Crippen LogP contribution in [0.5, 0.6) is 0 Å². The Morgan fingerprint density at radius 3 is 2.39 bits per heavy atom. The molecule has 0 radical (unpaired) electrons. The summed E-state index contributed by atoms with van der Waals surface area (Å²) in [6, 6.07) is 4.34. The highest BCUT2D eigenvalue weighted by molar-refractivity contribution is 9.10. The minimum Gasteiger partial charge on any atom is -0.407 e. The van der Waals surface area contributed by atoms with Gasteiger partial charge in [-0.05, 0) is 108 Å². The third kappa shape index (κ3) is 6.89. The molecule has 4 aromatic rings. The number of fused-ring (bicyclic) bond motifs is 2. The molecule has 11 nitrogen and oxygen atoms in total. The summed E-state index contributed by atoms with van der Waals surface area (Å²) in [5.74, 6) is -0.569. The number of ketones is 1. The number of halogens is 2. The molecule has 0 unspecified atom stereocenters. The van der Waals surface area contributed by atoms with Gasteiger partial charge >= 0.3 is 0 Å². The van der Waals surface area contributed by atoms with Gasteiger partial charge in [0.05, 0.1) is 5.52 Å². The van der Waals surface area contributed by atoms with Gasteiger partial charge in [0.25, 0.3) is 0 Å². The van der Waals surface area contributed by atoms with E-state index < -0.39 is 20.2 Å². The maximum absolute atomic E-state index is 14.1. The summed E-state index contributed by atoms with van der Waals surface area (Å²) in [7, 11) is -2.02. The number of Topliss-reactive ketones (excluding diaryl/α,β-unsaturated/α-hetero) is 1. The molecule has 2 aliphatic rings. The van der Waals surface area contributed by atoms with E-state index in [4.69, 9.17) is 4.43 Å². The summed E-state index contributed by atoms with van der Waals surface area (Å²) >= 11 is 3.08. The van der Waals surface area contributed by atoms with Gasteiger partial charge in [0, 0.05) is 36.3 Å². The monoisotopic (exact) mass is 777 g/mol. The quantitative estimate of drug-likeness (QED) is 0.104. The number of hydrogen-bond donors (Lipinski definition) is 1. The maximum Gasteiger partial charge on any atom is 0.248 e. The van der Waals surface area contributed by atoms with E-state index in [0.29, 0.717) is 28.7 Å². The van der Waals surface area contributed by atoms with Crippen LogP contribution in [0.3, 0.4) is 0 Å². The fraction of sp³-hybridized carbons (Fsp3) is 0.486.